The van der Waals surface area contributed by atoms with E-state index in [0.29, 0.717) is 47.5 Å². The Balaban J connectivity index is 1.06. The predicted octanol–water partition coefficient (Wildman–Crippen LogP) is 5.37. The number of para-hydroxylation sites is 1. The highest BCUT2D eigenvalue weighted by molar-refractivity contribution is 5.79. The van der Waals surface area contributed by atoms with Crippen LogP contribution in [0.25, 0.3) is 22.4 Å². The van der Waals surface area contributed by atoms with Gasteiger partial charge in [-0.3, -0.25) is 0 Å². The van der Waals surface area contributed by atoms with Gasteiger partial charge in [0.05, 0.1) is 18.3 Å². The van der Waals surface area contributed by atoms with Crippen LogP contribution in [0.2, 0.25) is 0 Å². The lowest BCUT2D eigenvalue weighted by Gasteiger charge is -2.63. The third kappa shape index (κ3) is 4.31. The molecular formula is C34H44N2O6. The number of aliphatic hydroxyl groups excluding tert-OH is 3. The van der Waals surface area contributed by atoms with Crippen molar-refractivity contribution in [2.75, 3.05) is 0 Å². The van der Waals surface area contributed by atoms with E-state index >= 15 is 0 Å². The first-order valence-electron chi connectivity index (χ1n) is 16.0. The van der Waals surface area contributed by atoms with Crippen LogP contribution >= 0.6 is 0 Å². The second kappa shape index (κ2) is 10.3. The van der Waals surface area contributed by atoms with E-state index in [0.717, 1.165) is 56.8 Å². The molecule has 42 heavy (non-hydrogen) atoms. The van der Waals surface area contributed by atoms with Gasteiger partial charge >= 0.3 is 5.63 Å². The van der Waals surface area contributed by atoms with E-state index in [-0.39, 0.29) is 40.4 Å². The van der Waals surface area contributed by atoms with Gasteiger partial charge in [-0.15, -0.1) is 10.2 Å². The van der Waals surface area contributed by atoms with Crippen LogP contribution in [0.3, 0.4) is 0 Å². The van der Waals surface area contributed by atoms with Crippen LogP contribution in [-0.4, -0.2) is 43.8 Å². The number of nitrogens with zero attached hydrogens (tertiary/aromatic N) is 2. The van der Waals surface area contributed by atoms with Gasteiger partial charge < -0.3 is 24.2 Å². The number of hydrogen-bond acceptors (Lipinski definition) is 8. The van der Waals surface area contributed by atoms with E-state index in [9.17, 15) is 20.1 Å². The highest BCUT2D eigenvalue weighted by Crippen LogP contribution is 2.68. The molecule has 11 atom stereocenters. The highest BCUT2D eigenvalue weighted by Gasteiger charge is 2.65. The number of aliphatic hydroxyl groups is 3. The van der Waals surface area contributed by atoms with Gasteiger partial charge in [-0.2, -0.15) is 0 Å². The van der Waals surface area contributed by atoms with Crippen molar-refractivity contribution in [2.24, 2.45) is 46.3 Å². The molecule has 0 amide bonds. The zero-order valence-electron chi connectivity index (χ0n) is 24.9. The van der Waals surface area contributed by atoms with Crippen molar-refractivity contribution < 1.29 is 24.2 Å². The molecule has 3 aromatic rings. The number of aromatic nitrogens is 2. The molecule has 2 aromatic heterocycles. The lowest BCUT2D eigenvalue weighted by Crippen LogP contribution is -2.62. The number of rotatable bonds is 5. The molecule has 3 N–H and O–H groups in total. The Bertz CT molecular complexity index is 1520. The molecule has 1 aromatic carbocycles. The first-order chi connectivity index (χ1) is 20.1. The van der Waals surface area contributed by atoms with Gasteiger partial charge in [0, 0.05) is 11.8 Å². The van der Waals surface area contributed by atoms with E-state index < -0.39 is 11.7 Å². The molecule has 4 fully saturated rings. The van der Waals surface area contributed by atoms with Crippen LogP contribution in [0, 0.1) is 46.3 Å². The average Bonchev–Trinajstić information content (AvgIpc) is 3.58. The Morgan fingerprint density at radius 2 is 1.81 bits per heavy atom. The van der Waals surface area contributed by atoms with Crippen LogP contribution in [-0.2, 0) is 6.42 Å². The van der Waals surface area contributed by atoms with Crippen molar-refractivity contribution in [1.82, 2.24) is 10.2 Å². The normalized spacial score (nSPS) is 40.3. The number of benzene rings is 1. The quantitative estimate of drug-likeness (QED) is 0.346. The molecule has 4 saturated carbocycles. The zero-order chi connectivity index (χ0) is 29.4. The minimum atomic E-state index is -0.499. The van der Waals surface area contributed by atoms with Gasteiger partial charge in [0.1, 0.15) is 11.1 Å². The summed E-state index contributed by atoms with van der Waals surface area (Å²) in [5, 5.41) is 42.9. The number of hydrogen-bond donors (Lipinski definition) is 3. The van der Waals surface area contributed by atoms with Crippen molar-refractivity contribution >= 4 is 11.0 Å². The predicted molar refractivity (Wildman–Crippen MR) is 157 cm³/mol. The van der Waals surface area contributed by atoms with Crippen LogP contribution < -0.4 is 5.63 Å². The van der Waals surface area contributed by atoms with Gasteiger partial charge in [0.25, 0.3) is 5.89 Å². The summed E-state index contributed by atoms with van der Waals surface area (Å²) in [6.45, 7) is 6.92. The van der Waals surface area contributed by atoms with E-state index in [1.54, 1.807) is 12.1 Å². The summed E-state index contributed by atoms with van der Waals surface area (Å²) in [6, 6.07) is 9.08. The minimum Gasteiger partial charge on any atom is -0.422 e. The third-order valence-electron chi connectivity index (χ3n) is 12.7. The SMILES string of the molecule is C[C@H](CCc1nnc(-c2cc3ccccc3oc2=O)o1)[C@H]1CCC2C3C(C[C@H](O)[C@@]21C)[C@@]1(C)CC[C@@H](O)CC1C[C@H]3O. The second-order valence-electron chi connectivity index (χ2n) is 14.5. The molecule has 0 saturated heterocycles. The Hall–Kier alpha value is -2.55. The van der Waals surface area contributed by atoms with E-state index in [2.05, 4.69) is 31.0 Å². The fourth-order valence-electron chi connectivity index (χ4n) is 10.4. The molecule has 8 nitrogen and oxygen atoms in total. The molecule has 4 unspecified atom stereocenters. The third-order valence-corrected chi connectivity index (χ3v) is 12.7. The maximum Gasteiger partial charge on any atom is 0.349 e. The van der Waals surface area contributed by atoms with Crippen LogP contribution in [0.5, 0.6) is 0 Å². The Kier molecular flexibility index (Phi) is 6.91. The highest BCUT2D eigenvalue weighted by atomic mass is 16.4. The molecule has 0 bridgehead atoms. The molecule has 0 aliphatic heterocycles. The van der Waals surface area contributed by atoms with Gasteiger partial charge in [-0.1, -0.05) is 39.0 Å². The number of fused-ring (bicyclic) bond motifs is 6. The van der Waals surface area contributed by atoms with Crippen molar-refractivity contribution in [2.45, 2.75) is 96.9 Å². The summed E-state index contributed by atoms with van der Waals surface area (Å²) in [5.74, 6) is 2.44. The lowest BCUT2D eigenvalue weighted by molar-refractivity contribution is -0.207. The summed E-state index contributed by atoms with van der Waals surface area (Å²) in [4.78, 5) is 12.6. The van der Waals surface area contributed by atoms with E-state index in [1.807, 2.05) is 18.2 Å². The second-order valence-corrected chi connectivity index (χ2v) is 14.5. The van der Waals surface area contributed by atoms with Gasteiger partial charge in [0.2, 0.25) is 5.89 Å². The molecule has 7 rings (SSSR count). The molecule has 2 heterocycles. The lowest BCUT2D eigenvalue weighted by atomic mass is 9.43. The fraction of sp³-hybridized carbons (Fsp3) is 0.676. The molecule has 4 aliphatic carbocycles. The van der Waals surface area contributed by atoms with Crippen molar-refractivity contribution in [3.63, 3.8) is 0 Å². The summed E-state index contributed by atoms with van der Waals surface area (Å²) in [6.07, 6.45) is 6.56. The molecule has 4 aliphatic rings. The summed E-state index contributed by atoms with van der Waals surface area (Å²) >= 11 is 0. The Labute approximate surface area is 246 Å². The van der Waals surface area contributed by atoms with Gasteiger partial charge in [-0.25, -0.2) is 4.79 Å². The van der Waals surface area contributed by atoms with Gasteiger partial charge in [0.15, 0.2) is 0 Å². The average molecular weight is 577 g/mol. The Morgan fingerprint density at radius 3 is 2.64 bits per heavy atom. The minimum absolute atomic E-state index is 0.0765. The molecule has 0 radical (unpaired) electrons. The zero-order valence-corrected chi connectivity index (χ0v) is 24.9. The van der Waals surface area contributed by atoms with E-state index in [1.165, 1.54) is 0 Å². The van der Waals surface area contributed by atoms with Crippen molar-refractivity contribution in [3.05, 3.63) is 46.6 Å². The smallest absolute Gasteiger partial charge is 0.349 e. The first kappa shape index (κ1) is 28.2. The topological polar surface area (TPSA) is 130 Å². The van der Waals surface area contributed by atoms with Crippen molar-refractivity contribution in [1.29, 1.82) is 0 Å². The maximum atomic E-state index is 12.6. The maximum absolute atomic E-state index is 12.6. The summed E-state index contributed by atoms with van der Waals surface area (Å²) < 4.78 is 11.4. The largest absolute Gasteiger partial charge is 0.422 e. The number of aryl methyl sites for hydroxylation is 1. The van der Waals surface area contributed by atoms with Gasteiger partial charge in [-0.05, 0) is 110 Å². The molecule has 8 heteroatoms. The fourth-order valence-corrected chi connectivity index (χ4v) is 10.4. The first-order valence-corrected chi connectivity index (χ1v) is 16.0. The Morgan fingerprint density at radius 1 is 1.00 bits per heavy atom. The molecule has 0 spiro atoms. The molecular weight excluding hydrogens is 532 g/mol. The summed E-state index contributed by atoms with van der Waals surface area (Å²) in [5.41, 5.74) is 0.115. The van der Waals surface area contributed by atoms with Crippen molar-refractivity contribution in [3.8, 4) is 11.5 Å². The monoisotopic (exact) mass is 576 g/mol. The standard InChI is InChI=1S/C34H44N2O6/c1-18(8-11-29-35-36-31(42-29)22-14-19-6-4-5-7-27(19)41-32(22)40)23-9-10-24-30-25(17-28(39)34(23,24)3)33(2)13-12-21(37)15-20(33)16-26(30)38/h4-7,14,18,20-21,23-26,28,30,37-39H,8-13,15-17H2,1-3H3/t18-,20?,21-,23-,24?,25?,26-,28+,30?,33+,34-/m1/s1. The van der Waals surface area contributed by atoms with Crippen LogP contribution in [0.1, 0.15) is 78.0 Å². The molecule has 226 valence electrons. The van der Waals surface area contributed by atoms with Crippen LogP contribution in [0.4, 0.5) is 0 Å². The summed E-state index contributed by atoms with van der Waals surface area (Å²) in [7, 11) is 0. The van der Waals surface area contributed by atoms with Crippen LogP contribution in [0.15, 0.2) is 44.0 Å². The van der Waals surface area contributed by atoms with E-state index in [4.69, 9.17) is 8.83 Å².